The van der Waals surface area contributed by atoms with Gasteiger partial charge in [0, 0.05) is 28.6 Å². The molecule has 0 spiro atoms. The first kappa shape index (κ1) is 16.6. The van der Waals surface area contributed by atoms with Gasteiger partial charge in [0.15, 0.2) is 0 Å². The molecule has 4 nitrogen and oxygen atoms in total. The van der Waals surface area contributed by atoms with E-state index >= 15 is 0 Å². The lowest BCUT2D eigenvalue weighted by molar-refractivity contribution is 0.0984. The van der Waals surface area contributed by atoms with Crippen molar-refractivity contribution in [2.45, 2.75) is 6.92 Å². The minimum atomic E-state index is -0.725. The van der Waals surface area contributed by atoms with Gasteiger partial charge in [-0.15, -0.1) is 0 Å². The monoisotopic (exact) mass is 340 g/mol. The molecule has 2 rings (SSSR count). The molecule has 1 aromatic heterocycles. The molecule has 0 atom stereocenters. The summed E-state index contributed by atoms with van der Waals surface area (Å²) in [5, 5.41) is -0.0688. The molecule has 2 aromatic rings. The molecule has 0 saturated heterocycles. The molecular weight excluding hydrogens is 327 g/mol. The highest BCUT2D eigenvalue weighted by atomic mass is 35.5. The number of nitrogens with one attached hydrogen (secondary N) is 1. The van der Waals surface area contributed by atoms with E-state index in [4.69, 9.17) is 16.3 Å². The molecule has 1 N–H and O–H groups in total. The van der Waals surface area contributed by atoms with Crippen LogP contribution in [-0.4, -0.2) is 23.8 Å². The molecule has 0 fully saturated rings. The second-order valence-electron chi connectivity index (χ2n) is 4.28. The summed E-state index contributed by atoms with van der Waals surface area (Å²) in [6.45, 7) is 1.94. The SMILES string of the molecule is CCSNC(=O)c1ccc(-c2cnc(F)c(Cl)c2)c(OC)c1. The highest BCUT2D eigenvalue weighted by Gasteiger charge is 2.13. The Morgan fingerprint density at radius 2 is 2.23 bits per heavy atom. The van der Waals surface area contributed by atoms with E-state index in [9.17, 15) is 9.18 Å². The summed E-state index contributed by atoms with van der Waals surface area (Å²) in [6, 6.07) is 6.48. The van der Waals surface area contributed by atoms with Crippen LogP contribution in [0.3, 0.4) is 0 Å². The summed E-state index contributed by atoms with van der Waals surface area (Å²) < 4.78 is 21.2. The molecule has 116 valence electrons. The molecule has 0 aliphatic heterocycles. The van der Waals surface area contributed by atoms with Crippen LogP contribution in [0.5, 0.6) is 5.75 Å². The third kappa shape index (κ3) is 3.69. The second-order valence-corrected chi connectivity index (χ2v) is 5.75. The summed E-state index contributed by atoms with van der Waals surface area (Å²) in [5.41, 5.74) is 1.76. The number of ether oxygens (including phenoxy) is 1. The Kier molecular flexibility index (Phi) is 5.63. The molecule has 1 heterocycles. The molecule has 1 amide bonds. The lowest BCUT2D eigenvalue weighted by atomic mass is 10.0. The topological polar surface area (TPSA) is 51.2 Å². The smallest absolute Gasteiger partial charge is 0.261 e. The third-order valence-electron chi connectivity index (χ3n) is 2.88. The van der Waals surface area contributed by atoms with Crippen LogP contribution in [0.2, 0.25) is 5.02 Å². The summed E-state index contributed by atoms with van der Waals surface area (Å²) in [5.74, 6) is 0.336. The summed E-state index contributed by atoms with van der Waals surface area (Å²) >= 11 is 7.07. The van der Waals surface area contributed by atoms with Gasteiger partial charge >= 0.3 is 0 Å². The zero-order valence-corrected chi connectivity index (χ0v) is 13.6. The Labute approximate surface area is 137 Å². The number of hydrogen-bond acceptors (Lipinski definition) is 4. The first-order chi connectivity index (χ1) is 10.6. The molecule has 0 unspecified atom stereocenters. The van der Waals surface area contributed by atoms with E-state index in [0.29, 0.717) is 22.4 Å². The number of carbonyl (C=O) groups is 1. The third-order valence-corrected chi connectivity index (χ3v) is 3.76. The largest absolute Gasteiger partial charge is 0.496 e. The van der Waals surface area contributed by atoms with E-state index in [1.54, 1.807) is 18.2 Å². The lowest BCUT2D eigenvalue weighted by Crippen LogP contribution is -2.16. The summed E-state index contributed by atoms with van der Waals surface area (Å²) in [7, 11) is 1.50. The van der Waals surface area contributed by atoms with Crippen molar-refractivity contribution in [2.24, 2.45) is 0 Å². The molecule has 0 aliphatic carbocycles. The van der Waals surface area contributed by atoms with Gasteiger partial charge in [-0.05, 0) is 24.3 Å². The maximum atomic E-state index is 13.2. The van der Waals surface area contributed by atoms with Gasteiger partial charge < -0.3 is 4.74 Å². The van der Waals surface area contributed by atoms with Crippen LogP contribution in [0.15, 0.2) is 30.5 Å². The Balaban J connectivity index is 2.37. The van der Waals surface area contributed by atoms with Crippen molar-refractivity contribution in [3.63, 3.8) is 0 Å². The van der Waals surface area contributed by atoms with Gasteiger partial charge in [0.1, 0.15) is 5.75 Å². The lowest BCUT2D eigenvalue weighted by Gasteiger charge is -2.11. The van der Waals surface area contributed by atoms with E-state index in [-0.39, 0.29) is 10.9 Å². The van der Waals surface area contributed by atoms with Gasteiger partial charge in [-0.1, -0.05) is 30.5 Å². The Morgan fingerprint density at radius 3 is 2.86 bits per heavy atom. The van der Waals surface area contributed by atoms with Gasteiger partial charge in [-0.2, -0.15) is 4.39 Å². The Hall–Kier alpha value is -1.79. The number of methoxy groups -OCH3 is 1. The number of nitrogens with zero attached hydrogens (tertiary/aromatic N) is 1. The van der Waals surface area contributed by atoms with Crippen LogP contribution in [0.4, 0.5) is 4.39 Å². The van der Waals surface area contributed by atoms with Gasteiger partial charge in [0.25, 0.3) is 5.91 Å². The fraction of sp³-hybridized carbons (Fsp3) is 0.200. The van der Waals surface area contributed by atoms with Gasteiger partial charge in [0.05, 0.1) is 12.1 Å². The van der Waals surface area contributed by atoms with Crippen LogP contribution in [0.25, 0.3) is 11.1 Å². The van der Waals surface area contributed by atoms with E-state index in [1.165, 1.54) is 31.3 Å². The van der Waals surface area contributed by atoms with Crippen molar-refractivity contribution in [1.29, 1.82) is 0 Å². The van der Waals surface area contributed by atoms with E-state index in [1.807, 2.05) is 6.92 Å². The first-order valence-corrected chi connectivity index (χ1v) is 7.84. The number of amides is 1. The van der Waals surface area contributed by atoms with Crippen molar-refractivity contribution in [3.8, 4) is 16.9 Å². The van der Waals surface area contributed by atoms with Crippen LogP contribution < -0.4 is 9.46 Å². The Bertz CT molecular complexity index is 697. The highest BCUT2D eigenvalue weighted by molar-refractivity contribution is 7.97. The van der Waals surface area contributed by atoms with Gasteiger partial charge in [-0.25, -0.2) is 4.98 Å². The second kappa shape index (κ2) is 7.47. The van der Waals surface area contributed by atoms with Crippen molar-refractivity contribution >= 4 is 29.5 Å². The minimum absolute atomic E-state index is 0.0688. The number of pyridine rings is 1. The quantitative estimate of drug-likeness (QED) is 0.661. The van der Waals surface area contributed by atoms with Crippen LogP contribution in [0.1, 0.15) is 17.3 Å². The Morgan fingerprint density at radius 1 is 1.45 bits per heavy atom. The average molecular weight is 341 g/mol. The standard InChI is InChI=1S/C15H14ClFN2O2S/c1-3-22-19-15(20)9-4-5-11(13(7-9)21-2)10-6-12(16)14(17)18-8-10/h4-8H,3H2,1-2H3,(H,19,20). The first-order valence-electron chi connectivity index (χ1n) is 6.48. The number of hydrogen-bond donors (Lipinski definition) is 1. The van der Waals surface area contributed by atoms with Crippen molar-refractivity contribution in [2.75, 3.05) is 12.9 Å². The fourth-order valence-electron chi connectivity index (χ4n) is 1.84. The molecule has 0 saturated carbocycles. The molecule has 0 aliphatic rings. The molecule has 0 radical (unpaired) electrons. The van der Waals surface area contributed by atoms with Gasteiger partial charge in [0.2, 0.25) is 5.95 Å². The molecule has 22 heavy (non-hydrogen) atoms. The molecule has 1 aromatic carbocycles. The summed E-state index contributed by atoms with van der Waals surface area (Å²) in [4.78, 5) is 15.5. The van der Waals surface area contributed by atoms with Crippen LogP contribution >= 0.6 is 23.5 Å². The van der Waals surface area contributed by atoms with Crippen molar-refractivity contribution < 1.29 is 13.9 Å². The summed E-state index contributed by atoms with van der Waals surface area (Å²) in [6.07, 6.45) is 1.37. The zero-order chi connectivity index (χ0) is 16.1. The fourth-order valence-corrected chi connectivity index (χ4v) is 2.40. The number of halogens is 2. The van der Waals surface area contributed by atoms with Crippen molar-refractivity contribution in [3.05, 3.63) is 47.0 Å². The maximum absolute atomic E-state index is 13.2. The maximum Gasteiger partial charge on any atom is 0.261 e. The molecule has 0 bridgehead atoms. The van der Waals surface area contributed by atoms with E-state index in [0.717, 1.165) is 5.75 Å². The number of benzene rings is 1. The minimum Gasteiger partial charge on any atom is -0.496 e. The van der Waals surface area contributed by atoms with Gasteiger partial charge in [-0.3, -0.25) is 9.52 Å². The average Bonchev–Trinajstić information content (AvgIpc) is 2.54. The normalized spacial score (nSPS) is 10.4. The van der Waals surface area contributed by atoms with E-state index < -0.39 is 5.95 Å². The highest BCUT2D eigenvalue weighted by Crippen LogP contribution is 2.32. The predicted molar refractivity (Wildman–Crippen MR) is 86.8 cm³/mol. The number of carbonyl (C=O) groups excluding carboxylic acids is 1. The predicted octanol–water partition coefficient (Wildman–Crippen LogP) is 3.95. The molecule has 7 heteroatoms. The van der Waals surface area contributed by atoms with Crippen LogP contribution in [0, 0.1) is 5.95 Å². The number of rotatable bonds is 5. The van der Waals surface area contributed by atoms with Crippen molar-refractivity contribution in [1.82, 2.24) is 9.71 Å². The van der Waals surface area contributed by atoms with Crippen LogP contribution in [-0.2, 0) is 0 Å². The zero-order valence-electron chi connectivity index (χ0n) is 12.0. The number of aromatic nitrogens is 1. The van der Waals surface area contributed by atoms with E-state index in [2.05, 4.69) is 9.71 Å². The molecular formula is C15H14ClFN2O2S.